The maximum atomic E-state index is 12.4. The zero-order chi connectivity index (χ0) is 20.8. The highest BCUT2D eigenvalue weighted by Crippen LogP contribution is 2.20. The Kier molecular flexibility index (Phi) is 8.21. The second kappa shape index (κ2) is 11.1. The molecular formula is C22H28IN7O. The van der Waals surface area contributed by atoms with Crippen LogP contribution < -0.4 is 15.5 Å². The summed E-state index contributed by atoms with van der Waals surface area (Å²) in [5, 5.41) is 15.1. The lowest BCUT2D eigenvalue weighted by Crippen LogP contribution is -2.44. The Labute approximate surface area is 199 Å². The molecule has 1 atom stereocenters. The number of aryl methyl sites for hydroxylation is 1. The summed E-state index contributed by atoms with van der Waals surface area (Å²) >= 11 is 0. The van der Waals surface area contributed by atoms with Crippen molar-refractivity contribution in [1.82, 2.24) is 25.2 Å². The number of anilines is 1. The van der Waals surface area contributed by atoms with Crippen LogP contribution in [0, 0.1) is 0 Å². The molecule has 0 bridgehead atoms. The molecule has 8 nitrogen and oxygen atoms in total. The maximum absolute atomic E-state index is 12.4. The van der Waals surface area contributed by atoms with Crippen LogP contribution in [0.15, 0.2) is 59.7 Å². The number of nitrogens with one attached hydrogen (secondary N) is 2. The number of hydrogen-bond donors (Lipinski definition) is 2. The molecule has 31 heavy (non-hydrogen) atoms. The van der Waals surface area contributed by atoms with Crippen molar-refractivity contribution in [3.05, 3.63) is 60.6 Å². The molecule has 1 unspecified atom stereocenters. The molecule has 4 rings (SSSR count). The number of rotatable bonds is 7. The number of fused-ring (bicyclic) bond motifs is 1. The molecule has 2 N–H and O–H groups in total. The van der Waals surface area contributed by atoms with Crippen molar-refractivity contribution < 1.29 is 4.79 Å². The Morgan fingerprint density at radius 3 is 2.77 bits per heavy atom. The summed E-state index contributed by atoms with van der Waals surface area (Å²) in [6, 6.07) is 15.7. The Morgan fingerprint density at radius 1 is 1.16 bits per heavy atom. The molecule has 0 spiro atoms. The molecular weight excluding hydrogens is 505 g/mol. The van der Waals surface area contributed by atoms with Crippen molar-refractivity contribution >= 4 is 47.2 Å². The molecule has 1 saturated heterocycles. The normalized spacial score (nSPS) is 16.4. The lowest BCUT2D eigenvalue weighted by Gasteiger charge is -2.19. The van der Waals surface area contributed by atoms with Gasteiger partial charge in [0.05, 0.1) is 6.04 Å². The molecule has 1 aliphatic heterocycles. The Bertz CT molecular complexity index is 1020. The molecule has 164 valence electrons. The van der Waals surface area contributed by atoms with Crippen LogP contribution in [0.1, 0.15) is 25.6 Å². The molecule has 1 aliphatic rings. The highest BCUT2D eigenvalue weighted by Gasteiger charge is 2.31. The van der Waals surface area contributed by atoms with E-state index in [4.69, 9.17) is 0 Å². The van der Waals surface area contributed by atoms with Crippen molar-refractivity contribution in [2.75, 3.05) is 24.5 Å². The molecule has 0 radical (unpaired) electrons. The van der Waals surface area contributed by atoms with Crippen LogP contribution in [0.2, 0.25) is 0 Å². The van der Waals surface area contributed by atoms with Gasteiger partial charge in [0.15, 0.2) is 11.6 Å². The number of hydrogen-bond acceptors (Lipinski definition) is 4. The van der Waals surface area contributed by atoms with Gasteiger partial charge in [-0.3, -0.25) is 14.2 Å². The molecule has 0 saturated carbocycles. The highest BCUT2D eigenvalue weighted by atomic mass is 127. The zero-order valence-electron chi connectivity index (χ0n) is 17.6. The first kappa shape index (κ1) is 23.0. The topological polar surface area (TPSA) is 86.9 Å². The Hall–Kier alpha value is -2.69. The number of halogens is 1. The largest absolute Gasteiger partial charge is 0.357 e. The molecule has 1 aromatic carbocycles. The summed E-state index contributed by atoms with van der Waals surface area (Å²) in [7, 11) is 0. The number of aromatic nitrogens is 3. The van der Waals surface area contributed by atoms with E-state index in [2.05, 4.69) is 25.8 Å². The van der Waals surface area contributed by atoms with Crippen molar-refractivity contribution in [1.29, 1.82) is 0 Å². The number of benzene rings is 1. The molecule has 2 aromatic heterocycles. The average molecular weight is 533 g/mol. The van der Waals surface area contributed by atoms with Crippen LogP contribution in [0.4, 0.5) is 5.69 Å². The van der Waals surface area contributed by atoms with Crippen LogP contribution in [-0.4, -0.2) is 52.1 Å². The lowest BCUT2D eigenvalue weighted by molar-refractivity contribution is -0.117. The fourth-order valence-corrected chi connectivity index (χ4v) is 3.66. The summed E-state index contributed by atoms with van der Waals surface area (Å²) in [5.41, 5.74) is 1.80. The second-order valence-electron chi connectivity index (χ2n) is 7.29. The fourth-order valence-electron chi connectivity index (χ4n) is 3.66. The summed E-state index contributed by atoms with van der Waals surface area (Å²) in [4.78, 5) is 19.0. The summed E-state index contributed by atoms with van der Waals surface area (Å²) in [6.07, 6.45) is 4.12. The lowest BCUT2D eigenvalue weighted by atomic mass is 10.2. The first-order valence-corrected chi connectivity index (χ1v) is 10.4. The van der Waals surface area contributed by atoms with E-state index >= 15 is 0 Å². The minimum Gasteiger partial charge on any atom is -0.357 e. The summed E-state index contributed by atoms with van der Waals surface area (Å²) in [5.74, 6) is 1.82. The number of amides is 1. The van der Waals surface area contributed by atoms with E-state index in [1.807, 2.05) is 71.0 Å². The third kappa shape index (κ3) is 5.72. The maximum Gasteiger partial charge on any atom is 0.229 e. The van der Waals surface area contributed by atoms with Gasteiger partial charge in [-0.25, -0.2) is 0 Å². The third-order valence-corrected chi connectivity index (χ3v) is 5.09. The quantitative estimate of drug-likeness (QED) is 0.211. The van der Waals surface area contributed by atoms with Gasteiger partial charge in [-0.1, -0.05) is 24.3 Å². The van der Waals surface area contributed by atoms with Gasteiger partial charge in [0.2, 0.25) is 5.91 Å². The smallest absolute Gasteiger partial charge is 0.229 e. The van der Waals surface area contributed by atoms with Crippen molar-refractivity contribution in [3.63, 3.8) is 0 Å². The van der Waals surface area contributed by atoms with E-state index < -0.39 is 0 Å². The van der Waals surface area contributed by atoms with E-state index in [1.165, 1.54) is 0 Å². The van der Waals surface area contributed by atoms with Crippen LogP contribution in [0.25, 0.3) is 5.65 Å². The second-order valence-corrected chi connectivity index (χ2v) is 7.29. The van der Waals surface area contributed by atoms with Crippen LogP contribution >= 0.6 is 24.0 Å². The van der Waals surface area contributed by atoms with Gasteiger partial charge in [0.1, 0.15) is 5.82 Å². The number of para-hydroxylation sites is 1. The fraction of sp³-hybridized carbons (Fsp3) is 0.364. The minimum atomic E-state index is 0. The molecule has 3 aromatic rings. The van der Waals surface area contributed by atoms with Crippen molar-refractivity contribution in [2.24, 2.45) is 4.99 Å². The van der Waals surface area contributed by atoms with Crippen LogP contribution in [0.5, 0.6) is 0 Å². The predicted octanol–water partition coefficient (Wildman–Crippen LogP) is 2.64. The SMILES string of the molecule is CCNC(=NCCCc1nnc2ccccn12)NC1CC(=O)N(c2ccccc2)C1.I. The van der Waals surface area contributed by atoms with Gasteiger partial charge in [0, 0.05) is 44.4 Å². The van der Waals surface area contributed by atoms with Gasteiger partial charge in [-0.2, -0.15) is 0 Å². The van der Waals surface area contributed by atoms with Gasteiger partial charge in [-0.05, 0) is 37.6 Å². The number of nitrogens with zero attached hydrogens (tertiary/aromatic N) is 5. The predicted molar refractivity (Wildman–Crippen MR) is 133 cm³/mol. The monoisotopic (exact) mass is 533 g/mol. The van der Waals surface area contributed by atoms with Gasteiger partial charge in [-0.15, -0.1) is 34.2 Å². The van der Waals surface area contributed by atoms with Crippen molar-refractivity contribution in [3.8, 4) is 0 Å². The molecule has 0 aliphatic carbocycles. The number of aliphatic imine (C=N–C) groups is 1. The Balaban J connectivity index is 0.00000272. The molecule has 3 heterocycles. The first-order chi connectivity index (χ1) is 14.7. The van der Waals surface area contributed by atoms with E-state index in [1.54, 1.807) is 0 Å². The van der Waals surface area contributed by atoms with E-state index in [-0.39, 0.29) is 35.9 Å². The number of pyridine rings is 1. The number of guanidine groups is 1. The van der Waals surface area contributed by atoms with Crippen molar-refractivity contribution in [2.45, 2.75) is 32.2 Å². The summed E-state index contributed by atoms with van der Waals surface area (Å²) in [6.45, 7) is 4.11. The number of carbonyl (C=O) groups excluding carboxylic acids is 1. The number of carbonyl (C=O) groups is 1. The summed E-state index contributed by atoms with van der Waals surface area (Å²) < 4.78 is 2.01. The van der Waals surface area contributed by atoms with Crippen LogP contribution in [0.3, 0.4) is 0 Å². The molecule has 1 fully saturated rings. The molecule has 9 heteroatoms. The average Bonchev–Trinajstić information content (AvgIpc) is 3.35. The van der Waals surface area contributed by atoms with Crippen LogP contribution in [-0.2, 0) is 11.2 Å². The zero-order valence-corrected chi connectivity index (χ0v) is 19.9. The van der Waals surface area contributed by atoms with E-state index in [9.17, 15) is 4.79 Å². The first-order valence-electron chi connectivity index (χ1n) is 10.4. The van der Waals surface area contributed by atoms with E-state index in [0.717, 1.165) is 42.5 Å². The van der Waals surface area contributed by atoms with Gasteiger partial charge in [0.25, 0.3) is 0 Å². The third-order valence-electron chi connectivity index (χ3n) is 5.09. The minimum absolute atomic E-state index is 0. The highest BCUT2D eigenvalue weighted by molar-refractivity contribution is 14.0. The Morgan fingerprint density at radius 2 is 1.97 bits per heavy atom. The van der Waals surface area contributed by atoms with Gasteiger partial charge >= 0.3 is 0 Å². The van der Waals surface area contributed by atoms with E-state index in [0.29, 0.717) is 19.5 Å². The molecule has 1 amide bonds. The van der Waals surface area contributed by atoms with Gasteiger partial charge < -0.3 is 15.5 Å². The standard InChI is InChI=1S/C22H27N7O.HI/c1-2-23-22(24-13-8-12-20-27-26-19-11-6-7-14-28(19)20)25-17-15-21(30)29(16-17)18-9-4-3-5-10-18;/h3-7,9-11,14,17H,2,8,12-13,15-16H2,1H3,(H2,23,24,25);1H.